The zero-order valence-electron chi connectivity index (χ0n) is 17.1. The second-order valence-corrected chi connectivity index (χ2v) is 8.70. The van der Waals surface area contributed by atoms with Crippen molar-refractivity contribution in [1.29, 1.82) is 0 Å². The highest BCUT2D eigenvalue weighted by molar-refractivity contribution is 9.10. The normalized spacial score (nSPS) is 11.3. The summed E-state index contributed by atoms with van der Waals surface area (Å²) in [4.78, 5) is 5.07. The maximum atomic E-state index is 6.30. The molecule has 6 rings (SSSR count). The Hall–Kier alpha value is -3.69. The van der Waals surface area contributed by atoms with E-state index in [1.807, 2.05) is 36.4 Å². The number of aromatic nitrogens is 1. The number of fused-ring (bicyclic) bond motifs is 3. The summed E-state index contributed by atoms with van der Waals surface area (Å²) in [7, 11) is 0. The van der Waals surface area contributed by atoms with Gasteiger partial charge in [0.05, 0.1) is 11.4 Å². The number of nitrogens with zero attached hydrogens (tertiary/aromatic N) is 1. The maximum Gasteiger partial charge on any atom is 0.144 e. The van der Waals surface area contributed by atoms with Gasteiger partial charge in [0.15, 0.2) is 0 Å². The summed E-state index contributed by atoms with van der Waals surface area (Å²) in [6.07, 6.45) is 0. The van der Waals surface area contributed by atoms with Crippen LogP contribution in [0.5, 0.6) is 0 Å². The Kier molecular flexibility index (Phi) is 4.62. The van der Waals surface area contributed by atoms with Crippen molar-refractivity contribution in [1.82, 2.24) is 4.98 Å². The van der Waals surface area contributed by atoms with Gasteiger partial charge in [0.25, 0.3) is 0 Å². The van der Waals surface area contributed by atoms with Gasteiger partial charge in [0, 0.05) is 26.4 Å². The zero-order chi connectivity index (χ0) is 21.5. The molecule has 152 valence electrons. The highest BCUT2D eigenvalue weighted by Crippen LogP contribution is 2.37. The van der Waals surface area contributed by atoms with Gasteiger partial charge in [0.2, 0.25) is 0 Å². The highest BCUT2D eigenvalue weighted by Gasteiger charge is 2.15. The average molecular weight is 476 g/mol. The quantitative estimate of drug-likeness (QED) is 0.255. The molecule has 0 bridgehead atoms. The molecule has 2 nitrogen and oxygen atoms in total. The molecule has 0 unspecified atom stereocenters. The molecule has 0 N–H and O–H groups in total. The van der Waals surface area contributed by atoms with Crippen LogP contribution in [-0.4, -0.2) is 4.98 Å². The smallest absolute Gasteiger partial charge is 0.144 e. The first-order chi connectivity index (χ1) is 15.8. The Labute approximate surface area is 194 Å². The number of hydrogen-bond donors (Lipinski definition) is 0. The predicted molar refractivity (Wildman–Crippen MR) is 136 cm³/mol. The van der Waals surface area contributed by atoms with E-state index >= 15 is 0 Å². The van der Waals surface area contributed by atoms with E-state index in [1.54, 1.807) is 0 Å². The van der Waals surface area contributed by atoms with E-state index in [9.17, 15) is 0 Å². The van der Waals surface area contributed by atoms with Crippen LogP contribution in [-0.2, 0) is 0 Å². The van der Waals surface area contributed by atoms with Crippen molar-refractivity contribution in [3.05, 3.63) is 114 Å². The van der Waals surface area contributed by atoms with E-state index in [0.717, 1.165) is 60.1 Å². The second-order valence-electron chi connectivity index (χ2n) is 7.78. The minimum absolute atomic E-state index is 0.869. The van der Waals surface area contributed by atoms with E-state index < -0.39 is 0 Å². The van der Waals surface area contributed by atoms with Crippen LogP contribution < -0.4 is 0 Å². The molecule has 32 heavy (non-hydrogen) atoms. The lowest BCUT2D eigenvalue weighted by molar-refractivity contribution is 0.670. The van der Waals surface area contributed by atoms with Gasteiger partial charge in [-0.3, -0.25) is 0 Å². The van der Waals surface area contributed by atoms with E-state index in [0.29, 0.717) is 0 Å². The number of furan rings is 1. The lowest BCUT2D eigenvalue weighted by atomic mass is 9.99. The number of rotatable bonds is 3. The molecule has 4 aromatic carbocycles. The predicted octanol–water partition coefficient (Wildman–Crippen LogP) is 8.74. The van der Waals surface area contributed by atoms with Gasteiger partial charge in [-0.1, -0.05) is 88.7 Å². The fourth-order valence-corrected chi connectivity index (χ4v) is 4.45. The maximum absolute atomic E-state index is 6.30. The minimum atomic E-state index is 0.869. The van der Waals surface area contributed by atoms with Gasteiger partial charge < -0.3 is 4.42 Å². The van der Waals surface area contributed by atoms with E-state index in [4.69, 9.17) is 9.40 Å². The van der Waals surface area contributed by atoms with Crippen molar-refractivity contribution in [2.75, 3.05) is 0 Å². The van der Waals surface area contributed by atoms with Crippen LogP contribution in [0.3, 0.4) is 0 Å². The molecule has 3 heteroatoms. The second kappa shape index (κ2) is 7.77. The van der Waals surface area contributed by atoms with E-state index in [-0.39, 0.29) is 0 Å². The first-order valence-corrected chi connectivity index (χ1v) is 11.3. The summed E-state index contributed by atoms with van der Waals surface area (Å²) in [6, 6.07) is 37.4. The average Bonchev–Trinajstić information content (AvgIpc) is 3.24. The molecule has 0 saturated heterocycles. The third-order valence-electron chi connectivity index (χ3n) is 5.75. The third kappa shape index (κ3) is 3.31. The number of halogens is 1. The summed E-state index contributed by atoms with van der Waals surface area (Å²) < 4.78 is 7.36. The SMILES string of the molecule is Brc1ccc(-c2cc(-c3ccccc3)nc(-c3cccc4c3oc3ccccc34)c2)cc1. The van der Waals surface area contributed by atoms with Crippen LogP contribution in [0.1, 0.15) is 0 Å². The molecule has 0 aliphatic rings. The molecule has 6 aromatic rings. The molecule has 0 aliphatic heterocycles. The molecule has 0 amide bonds. The van der Waals surface area contributed by atoms with Crippen LogP contribution in [0, 0.1) is 0 Å². The Morgan fingerprint density at radius 3 is 2.12 bits per heavy atom. The Morgan fingerprint density at radius 2 is 1.28 bits per heavy atom. The van der Waals surface area contributed by atoms with Crippen LogP contribution in [0.2, 0.25) is 0 Å². The van der Waals surface area contributed by atoms with E-state index in [1.165, 1.54) is 0 Å². The van der Waals surface area contributed by atoms with Gasteiger partial charge in [-0.05, 0) is 47.5 Å². The van der Waals surface area contributed by atoms with Gasteiger partial charge in [0.1, 0.15) is 11.2 Å². The van der Waals surface area contributed by atoms with Crippen LogP contribution in [0.25, 0.3) is 55.6 Å². The molecule has 0 aliphatic carbocycles. The number of pyridine rings is 1. The monoisotopic (exact) mass is 475 g/mol. The van der Waals surface area contributed by atoms with Crippen molar-refractivity contribution >= 4 is 37.9 Å². The molecule has 2 aromatic heterocycles. The van der Waals surface area contributed by atoms with Crippen molar-refractivity contribution in [2.24, 2.45) is 0 Å². The Morgan fingerprint density at radius 1 is 0.562 bits per heavy atom. The van der Waals surface area contributed by atoms with Crippen molar-refractivity contribution in [3.8, 4) is 33.6 Å². The molecule has 0 fully saturated rings. The molecular formula is C29H18BrNO. The van der Waals surface area contributed by atoms with Gasteiger partial charge in [-0.2, -0.15) is 0 Å². The van der Waals surface area contributed by atoms with Crippen LogP contribution >= 0.6 is 15.9 Å². The molecule has 0 radical (unpaired) electrons. The van der Waals surface area contributed by atoms with Gasteiger partial charge >= 0.3 is 0 Å². The fraction of sp³-hybridized carbons (Fsp3) is 0. The fourth-order valence-electron chi connectivity index (χ4n) is 4.18. The molecular weight excluding hydrogens is 458 g/mol. The Balaban J connectivity index is 1.62. The summed E-state index contributed by atoms with van der Waals surface area (Å²) in [6.45, 7) is 0. The van der Waals surface area contributed by atoms with Gasteiger partial charge in [-0.15, -0.1) is 0 Å². The van der Waals surface area contributed by atoms with Crippen molar-refractivity contribution < 1.29 is 4.42 Å². The minimum Gasteiger partial charge on any atom is -0.455 e. The summed E-state index contributed by atoms with van der Waals surface area (Å²) >= 11 is 3.54. The standard InChI is InChI=1S/C29H18BrNO/c30-22-15-13-19(14-16-22)21-17-26(20-7-2-1-3-8-20)31-27(18-21)25-11-6-10-24-23-9-4-5-12-28(23)32-29(24)25/h1-18H. The molecule has 0 atom stereocenters. The molecule has 0 saturated carbocycles. The first-order valence-electron chi connectivity index (χ1n) is 10.5. The summed E-state index contributed by atoms with van der Waals surface area (Å²) in [5, 5.41) is 2.23. The highest BCUT2D eigenvalue weighted by atomic mass is 79.9. The third-order valence-corrected chi connectivity index (χ3v) is 6.28. The number of benzene rings is 4. The summed E-state index contributed by atoms with van der Waals surface area (Å²) in [5.74, 6) is 0. The Bertz CT molecular complexity index is 1570. The first kappa shape index (κ1) is 19.0. The lowest BCUT2D eigenvalue weighted by Gasteiger charge is -2.11. The van der Waals surface area contributed by atoms with Crippen molar-refractivity contribution in [3.63, 3.8) is 0 Å². The van der Waals surface area contributed by atoms with Crippen LogP contribution in [0.4, 0.5) is 0 Å². The molecule has 2 heterocycles. The number of hydrogen-bond acceptors (Lipinski definition) is 2. The number of para-hydroxylation sites is 2. The van der Waals surface area contributed by atoms with E-state index in [2.05, 4.69) is 88.7 Å². The topological polar surface area (TPSA) is 26.0 Å². The lowest BCUT2D eigenvalue weighted by Crippen LogP contribution is -1.91. The summed E-state index contributed by atoms with van der Waals surface area (Å²) in [5.41, 5.74) is 7.94. The van der Waals surface area contributed by atoms with Crippen molar-refractivity contribution in [2.45, 2.75) is 0 Å². The molecule has 0 spiro atoms. The van der Waals surface area contributed by atoms with Crippen LogP contribution in [0.15, 0.2) is 118 Å². The van der Waals surface area contributed by atoms with Gasteiger partial charge in [-0.25, -0.2) is 4.98 Å². The largest absolute Gasteiger partial charge is 0.455 e. The zero-order valence-corrected chi connectivity index (χ0v) is 18.7.